The maximum atomic E-state index is 12.8. The summed E-state index contributed by atoms with van der Waals surface area (Å²) in [6.07, 6.45) is 9.38. The van der Waals surface area contributed by atoms with Crippen LogP contribution in [0.2, 0.25) is 0 Å². The fourth-order valence-electron chi connectivity index (χ4n) is 5.28. The predicted molar refractivity (Wildman–Crippen MR) is 135 cm³/mol. The molecule has 0 bridgehead atoms. The first-order valence-corrected chi connectivity index (χ1v) is 12.1. The molecule has 34 heavy (non-hydrogen) atoms. The Kier molecular flexibility index (Phi) is 5.17. The van der Waals surface area contributed by atoms with E-state index in [-0.39, 0.29) is 5.91 Å². The smallest absolute Gasteiger partial charge is 0.254 e. The van der Waals surface area contributed by atoms with Crippen molar-refractivity contribution in [2.75, 3.05) is 23.3 Å². The molecule has 7 heteroatoms. The minimum absolute atomic E-state index is 0.0610. The van der Waals surface area contributed by atoms with E-state index in [1.165, 1.54) is 19.3 Å². The van der Waals surface area contributed by atoms with E-state index < -0.39 is 0 Å². The standard InChI is InChI=1S/C27H28N6O/c1-2-17-9-13-33(14-10-17)18-3-6-24(30-15-18)32-23-5-4-19(22-16-31-27(34)25(22)23)20-7-11-28-26-21(20)8-12-29-26/h3-8,11-12,15,17H,2,9-10,13-14,16H2,1H3,(H,28,29)(H,30,32)(H,31,34). The molecule has 0 aliphatic carbocycles. The zero-order valence-corrected chi connectivity index (χ0v) is 19.3. The predicted octanol–water partition coefficient (Wildman–Crippen LogP) is 5.24. The minimum atomic E-state index is -0.0610. The van der Waals surface area contributed by atoms with Gasteiger partial charge in [-0.3, -0.25) is 4.79 Å². The van der Waals surface area contributed by atoms with Gasteiger partial charge < -0.3 is 20.5 Å². The number of amides is 1. The number of nitrogens with zero attached hydrogens (tertiary/aromatic N) is 3. The molecule has 1 aromatic carbocycles. The van der Waals surface area contributed by atoms with E-state index in [0.717, 1.165) is 63.9 Å². The molecule has 172 valence electrons. The lowest BCUT2D eigenvalue weighted by molar-refractivity contribution is 0.0966. The van der Waals surface area contributed by atoms with Crippen LogP contribution in [0.1, 0.15) is 42.1 Å². The number of hydrogen-bond donors (Lipinski definition) is 3. The van der Waals surface area contributed by atoms with Gasteiger partial charge in [0.2, 0.25) is 0 Å². The summed E-state index contributed by atoms with van der Waals surface area (Å²) in [5, 5.41) is 7.42. The summed E-state index contributed by atoms with van der Waals surface area (Å²) in [7, 11) is 0. The van der Waals surface area contributed by atoms with Crippen molar-refractivity contribution in [3.8, 4) is 11.1 Å². The maximum absolute atomic E-state index is 12.8. The number of H-pyrrole nitrogens is 1. The summed E-state index contributed by atoms with van der Waals surface area (Å²) in [5.74, 6) is 1.52. The highest BCUT2D eigenvalue weighted by Gasteiger charge is 2.27. The van der Waals surface area contributed by atoms with Crippen LogP contribution in [-0.2, 0) is 6.54 Å². The van der Waals surface area contributed by atoms with Gasteiger partial charge in [-0.2, -0.15) is 0 Å². The van der Waals surface area contributed by atoms with Crippen LogP contribution < -0.4 is 15.5 Å². The quantitative estimate of drug-likeness (QED) is 0.386. The zero-order valence-electron chi connectivity index (χ0n) is 19.3. The highest BCUT2D eigenvalue weighted by molar-refractivity contribution is 6.07. The molecule has 1 amide bonds. The van der Waals surface area contributed by atoms with Crippen LogP contribution in [0.25, 0.3) is 22.2 Å². The second kappa shape index (κ2) is 8.48. The molecule has 6 rings (SSSR count). The van der Waals surface area contributed by atoms with Crippen LogP contribution in [0.4, 0.5) is 17.2 Å². The van der Waals surface area contributed by atoms with Crippen molar-refractivity contribution in [1.29, 1.82) is 0 Å². The summed E-state index contributed by atoms with van der Waals surface area (Å²) in [5.41, 5.74) is 6.58. The molecule has 0 unspecified atom stereocenters. The van der Waals surface area contributed by atoms with Gasteiger partial charge in [0.25, 0.3) is 5.91 Å². The number of carbonyl (C=O) groups excluding carboxylic acids is 1. The first-order chi connectivity index (χ1) is 16.7. The monoisotopic (exact) mass is 452 g/mol. The third-order valence-electron chi connectivity index (χ3n) is 7.28. The molecule has 7 nitrogen and oxygen atoms in total. The number of hydrogen-bond acceptors (Lipinski definition) is 5. The molecule has 3 N–H and O–H groups in total. The van der Waals surface area contributed by atoms with E-state index in [1.807, 2.05) is 36.7 Å². The Labute approximate surface area is 198 Å². The highest BCUT2D eigenvalue weighted by Crippen LogP contribution is 2.37. The molecule has 1 fully saturated rings. The fraction of sp³-hybridized carbons (Fsp3) is 0.296. The van der Waals surface area contributed by atoms with Crippen LogP contribution in [0.15, 0.2) is 55.0 Å². The molecule has 3 aromatic heterocycles. The van der Waals surface area contributed by atoms with E-state index >= 15 is 0 Å². The summed E-state index contributed by atoms with van der Waals surface area (Å²) in [4.78, 5) is 27.4. The molecule has 5 heterocycles. The molecule has 0 atom stereocenters. The van der Waals surface area contributed by atoms with Crippen molar-refractivity contribution in [2.24, 2.45) is 5.92 Å². The molecule has 4 aromatic rings. The summed E-state index contributed by atoms with van der Waals surface area (Å²) in [6.45, 7) is 4.97. The van der Waals surface area contributed by atoms with Crippen molar-refractivity contribution < 1.29 is 4.79 Å². The highest BCUT2D eigenvalue weighted by atomic mass is 16.1. The largest absolute Gasteiger partial charge is 0.370 e. The first-order valence-electron chi connectivity index (χ1n) is 12.1. The zero-order chi connectivity index (χ0) is 23.1. The summed E-state index contributed by atoms with van der Waals surface area (Å²) >= 11 is 0. The lowest BCUT2D eigenvalue weighted by atomic mass is 9.94. The van der Waals surface area contributed by atoms with Crippen LogP contribution >= 0.6 is 0 Å². The van der Waals surface area contributed by atoms with E-state index in [9.17, 15) is 4.79 Å². The minimum Gasteiger partial charge on any atom is -0.370 e. The second-order valence-electron chi connectivity index (χ2n) is 9.16. The number of nitrogens with one attached hydrogen (secondary N) is 3. The third kappa shape index (κ3) is 3.57. The molecule has 1 saturated heterocycles. The first kappa shape index (κ1) is 20.7. The summed E-state index contributed by atoms with van der Waals surface area (Å²) < 4.78 is 0. The number of benzene rings is 1. The Balaban J connectivity index is 1.28. The average Bonchev–Trinajstić information content (AvgIpc) is 3.52. The molecule has 2 aliphatic rings. The van der Waals surface area contributed by atoms with Gasteiger partial charge in [-0.25, -0.2) is 9.97 Å². The molecule has 2 aliphatic heterocycles. The maximum Gasteiger partial charge on any atom is 0.254 e. The Bertz CT molecular complexity index is 1350. The van der Waals surface area contributed by atoms with Crippen molar-refractivity contribution in [1.82, 2.24) is 20.3 Å². The Morgan fingerprint density at radius 1 is 1.06 bits per heavy atom. The number of aromatic amines is 1. The van der Waals surface area contributed by atoms with Gasteiger partial charge in [0.15, 0.2) is 0 Å². The number of piperidine rings is 1. The van der Waals surface area contributed by atoms with Gasteiger partial charge in [-0.1, -0.05) is 19.4 Å². The topological polar surface area (TPSA) is 85.9 Å². The van der Waals surface area contributed by atoms with Crippen molar-refractivity contribution in [3.63, 3.8) is 0 Å². The lowest BCUT2D eigenvalue weighted by Gasteiger charge is -2.33. The van der Waals surface area contributed by atoms with Gasteiger partial charge in [0, 0.05) is 37.4 Å². The van der Waals surface area contributed by atoms with Gasteiger partial charge in [-0.15, -0.1) is 0 Å². The summed E-state index contributed by atoms with van der Waals surface area (Å²) in [6, 6.07) is 12.2. The van der Waals surface area contributed by atoms with Crippen molar-refractivity contribution in [3.05, 3.63) is 66.1 Å². The Morgan fingerprint density at radius 2 is 1.94 bits per heavy atom. The molecular formula is C27H28N6O. The van der Waals surface area contributed by atoms with Crippen LogP contribution in [0.5, 0.6) is 0 Å². The Hall–Kier alpha value is -3.87. The van der Waals surface area contributed by atoms with Gasteiger partial charge in [-0.05, 0) is 65.8 Å². The SMILES string of the molecule is CCC1CCN(c2ccc(Nc3ccc(-c4ccnc5[nH]ccc45)c4c3C(=O)NC4)nc2)CC1. The number of aromatic nitrogens is 3. The molecular weight excluding hydrogens is 424 g/mol. The van der Waals surface area contributed by atoms with Crippen LogP contribution in [-0.4, -0.2) is 33.9 Å². The Morgan fingerprint density at radius 3 is 2.74 bits per heavy atom. The number of anilines is 3. The number of pyridine rings is 2. The van der Waals surface area contributed by atoms with E-state index in [4.69, 9.17) is 0 Å². The number of carbonyl (C=O) groups is 1. The van der Waals surface area contributed by atoms with Gasteiger partial charge in [0.05, 0.1) is 23.1 Å². The molecule has 0 radical (unpaired) electrons. The normalized spacial score (nSPS) is 16.0. The van der Waals surface area contributed by atoms with Gasteiger partial charge in [0.1, 0.15) is 11.5 Å². The number of rotatable bonds is 5. The second-order valence-corrected chi connectivity index (χ2v) is 9.16. The van der Waals surface area contributed by atoms with E-state index in [0.29, 0.717) is 12.1 Å². The van der Waals surface area contributed by atoms with Crippen LogP contribution in [0.3, 0.4) is 0 Å². The molecule has 0 spiro atoms. The average molecular weight is 453 g/mol. The van der Waals surface area contributed by atoms with Crippen molar-refractivity contribution in [2.45, 2.75) is 32.7 Å². The molecule has 0 saturated carbocycles. The van der Waals surface area contributed by atoms with Gasteiger partial charge >= 0.3 is 0 Å². The lowest BCUT2D eigenvalue weighted by Crippen LogP contribution is -2.33. The van der Waals surface area contributed by atoms with Crippen molar-refractivity contribution >= 4 is 34.1 Å². The fourth-order valence-corrected chi connectivity index (χ4v) is 5.28. The third-order valence-corrected chi connectivity index (χ3v) is 7.28. The van der Waals surface area contributed by atoms with E-state index in [2.05, 4.69) is 49.5 Å². The van der Waals surface area contributed by atoms with Crippen LogP contribution in [0, 0.1) is 5.92 Å². The van der Waals surface area contributed by atoms with E-state index in [1.54, 1.807) is 6.20 Å². The number of fused-ring (bicyclic) bond motifs is 2.